The van der Waals surface area contributed by atoms with Gasteiger partial charge in [-0.15, -0.1) is 0 Å². The van der Waals surface area contributed by atoms with Crippen molar-refractivity contribution in [2.75, 3.05) is 5.32 Å². The molecule has 1 aromatic carbocycles. The molecule has 2 aromatic heterocycles. The van der Waals surface area contributed by atoms with Crippen molar-refractivity contribution in [3.8, 4) is 11.1 Å². The van der Waals surface area contributed by atoms with E-state index in [-0.39, 0.29) is 21.6 Å². The Bertz CT molecular complexity index is 931. The molecule has 132 valence electrons. The SMILES string of the molecule is CC(Nc1c(-c2ccc(F)cc2Cl)c(Cl)nc2ccnn12)C(C)(C)C. The molecule has 4 nitrogen and oxygen atoms in total. The van der Waals surface area contributed by atoms with E-state index in [1.807, 2.05) is 0 Å². The van der Waals surface area contributed by atoms with Crippen LogP contribution in [0.4, 0.5) is 10.2 Å². The van der Waals surface area contributed by atoms with E-state index in [0.717, 1.165) is 0 Å². The van der Waals surface area contributed by atoms with Crippen LogP contribution >= 0.6 is 23.2 Å². The maximum absolute atomic E-state index is 13.5. The minimum absolute atomic E-state index is 0.000910. The molecule has 0 bridgehead atoms. The highest BCUT2D eigenvalue weighted by molar-refractivity contribution is 6.36. The molecule has 7 heteroatoms. The van der Waals surface area contributed by atoms with Crippen LogP contribution in [0.15, 0.2) is 30.5 Å². The van der Waals surface area contributed by atoms with Crippen molar-refractivity contribution < 1.29 is 4.39 Å². The molecular weight excluding hydrogens is 362 g/mol. The number of aromatic nitrogens is 3. The molecule has 0 saturated carbocycles. The average molecular weight is 381 g/mol. The van der Waals surface area contributed by atoms with E-state index in [0.29, 0.717) is 22.6 Å². The second-order valence-corrected chi connectivity index (χ2v) is 7.85. The van der Waals surface area contributed by atoms with E-state index < -0.39 is 5.82 Å². The summed E-state index contributed by atoms with van der Waals surface area (Å²) in [6.07, 6.45) is 1.65. The first-order valence-electron chi connectivity index (χ1n) is 7.93. The summed E-state index contributed by atoms with van der Waals surface area (Å²) in [5.41, 5.74) is 1.81. The molecule has 1 unspecified atom stereocenters. The predicted octanol–water partition coefficient (Wildman–Crippen LogP) is 5.69. The molecule has 1 atom stereocenters. The van der Waals surface area contributed by atoms with Crippen molar-refractivity contribution in [1.82, 2.24) is 14.6 Å². The average Bonchev–Trinajstić information content (AvgIpc) is 2.95. The number of nitrogens with one attached hydrogen (secondary N) is 1. The number of hydrogen-bond donors (Lipinski definition) is 1. The number of nitrogens with zero attached hydrogens (tertiary/aromatic N) is 3. The Morgan fingerprint density at radius 1 is 1.20 bits per heavy atom. The molecule has 0 radical (unpaired) electrons. The van der Waals surface area contributed by atoms with Gasteiger partial charge < -0.3 is 5.32 Å². The third kappa shape index (κ3) is 3.44. The molecule has 25 heavy (non-hydrogen) atoms. The summed E-state index contributed by atoms with van der Waals surface area (Å²) < 4.78 is 15.2. The Labute approximate surface area is 156 Å². The third-order valence-electron chi connectivity index (χ3n) is 4.34. The van der Waals surface area contributed by atoms with Gasteiger partial charge in [0, 0.05) is 17.7 Å². The number of hydrogen-bond acceptors (Lipinski definition) is 3. The van der Waals surface area contributed by atoms with Crippen LogP contribution in [-0.4, -0.2) is 20.6 Å². The molecule has 0 saturated heterocycles. The van der Waals surface area contributed by atoms with Gasteiger partial charge in [-0.05, 0) is 30.5 Å². The molecule has 2 heterocycles. The van der Waals surface area contributed by atoms with E-state index in [2.05, 4.69) is 43.1 Å². The van der Waals surface area contributed by atoms with Crippen molar-refractivity contribution in [3.05, 3.63) is 46.5 Å². The summed E-state index contributed by atoms with van der Waals surface area (Å²) in [5.74, 6) is 0.270. The van der Waals surface area contributed by atoms with Crippen LogP contribution in [0.2, 0.25) is 10.2 Å². The van der Waals surface area contributed by atoms with Crippen LogP contribution < -0.4 is 5.32 Å². The molecule has 0 aliphatic heterocycles. The molecule has 0 spiro atoms. The van der Waals surface area contributed by atoms with Gasteiger partial charge in [0.05, 0.1) is 16.8 Å². The van der Waals surface area contributed by atoms with Crippen LogP contribution in [0.25, 0.3) is 16.8 Å². The first kappa shape index (κ1) is 18.0. The van der Waals surface area contributed by atoms with E-state index in [4.69, 9.17) is 23.2 Å². The Balaban J connectivity index is 2.26. The number of halogens is 3. The number of anilines is 1. The molecule has 0 fully saturated rings. The van der Waals surface area contributed by atoms with E-state index in [1.54, 1.807) is 22.8 Å². The molecule has 0 aliphatic carbocycles. The van der Waals surface area contributed by atoms with Gasteiger partial charge in [-0.2, -0.15) is 9.61 Å². The van der Waals surface area contributed by atoms with Crippen LogP contribution in [0.1, 0.15) is 27.7 Å². The number of benzene rings is 1. The van der Waals surface area contributed by atoms with Crippen molar-refractivity contribution in [3.63, 3.8) is 0 Å². The lowest BCUT2D eigenvalue weighted by molar-refractivity contribution is 0.358. The van der Waals surface area contributed by atoms with Gasteiger partial charge in [0.15, 0.2) is 5.65 Å². The zero-order valence-corrected chi connectivity index (χ0v) is 16.0. The summed E-state index contributed by atoms with van der Waals surface area (Å²) >= 11 is 12.7. The van der Waals surface area contributed by atoms with Crippen molar-refractivity contribution in [2.45, 2.75) is 33.7 Å². The van der Waals surface area contributed by atoms with E-state index >= 15 is 0 Å². The lowest BCUT2D eigenvalue weighted by atomic mass is 9.88. The molecule has 3 rings (SSSR count). The zero-order chi connectivity index (χ0) is 18.4. The fourth-order valence-corrected chi connectivity index (χ4v) is 2.94. The Morgan fingerprint density at radius 3 is 2.56 bits per heavy atom. The molecular formula is C18H19Cl2FN4. The van der Waals surface area contributed by atoms with Crippen LogP contribution in [0.5, 0.6) is 0 Å². The van der Waals surface area contributed by atoms with Crippen molar-refractivity contribution >= 4 is 34.7 Å². The first-order valence-corrected chi connectivity index (χ1v) is 8.69. The van der Waals surface area contributed by atoms with Gasteiger partial charge in [-0.3, -0.25) is 0 Å². The second kappa shape index (κ2) is 6.46. The molecule has 1 N–H and O–H groups in total. The molecule has 0 amide bonds. The summed E-state index contributed by atoms with van der Waals surface area (Å²) in [6, 6.07) is 6.09. The van der Waals surface area contributed by atoms with Crippen molar-refractivity contribution in [2.24, 2.45) is 5.41 Å². The fourth-order valence-electron chi connectivity index (χ4n) is 2.40. The maximum atomic E-state index is 13.5. The summed E-state index contributed by atoms with van der Waals surface area (Å²) in [5, 5.41) is 8.38. The van der Waals surface area contributed by atoms with Gasteiger partial charge in [0.2, 0.25) is 0 Å². The lowest BCUT2D eigenvalue weighted by Crippen LogP contribution is -2.32. The Kier molecular flexibility index (Phi) is 4.64. The smallest absolute Gasteiger partial charge is 0.159 e. The first-order chi connectivity index (χ1) is 11.7. The predicted molar refractivity (Wildman–Crippen MR) is 101 cm³/mol. The van der Waals surface area contributed by atoms with Crippen LogP contribution in [-0.2, 0) is 0 Å². The summed E-state index contributed by atoms with van der Waals surface area (Å²) in [4.78, 5) is 4.38. The van der Waals surface area contributed by atoms with Crippen LogP contribution in [0.3, 0.4) is 0 Å². The highest BCUT2D eigenvalue weighted by Crippen LogP contribution is 2.39. The number of rotatable bonds is 3. The van der Waals surface area contributed by atoms with E-state index in [9.17, 15) is 4.39 Å². The normalized spacial score (nSPS) is 13.2. The monoisotopic (exact) mass is 380 g/mol. The minimum atomic E-state index is -0.407. The van der Waals surface area contributed by atoms with Gasteiger partial charge in [0.25, 0.3) is 0 Å². The zero-order valence-electron chi connectivity index (χ0n) is 14.4. The maximum Gasteiger partial charge on any atom is 0.159 e. The summed E-state index contributed by atoms with van der Waals surface area (Å²) in [6.45, 7) is 8.49. The molecule has 3 aromatic rings. The highest BCUT2D eigenvalue weighted by atomic mass is 35.5. The van der Waals surface area contributed by atoms with Gasteiger partial charge in [-0.1, -0.05) is 44.0 Å². The van der Waals surface area contributed by atoms with Gasteiger partial charge in [-0.25, -0.2) is 9.37 Å². The lowest BCUT2D eigenvalue weighted by Gasteiger charge is -2.30. The fraction of sp³-hybridized carbons (Fsp3) is 0.333. The topological polar surface area (TPSA) is 42.2 Å². The Hall–Kier alpha value is -1.85. The van der Waals surface area contributed by atoms with E-state index in [1.165, 1.54) is 12.1 Å². The van der Waals surface area contributed by atoms with Gasteiger partial charge >= 0.3 is 0 Å². The van der Waals surface area contributed by atoms with Crippen molar-refractivity contribution in [1.29, 1.82) is 0 Å². The quantitative estimate of drug-likeness (QED) is 0.593. The summed E-state index contributed by atoms with van der Waals surface area (Å²) in [7, 11) is 0. The third-order valence-corrected chi connectivity index (χ3v) is 4.93. The van der Waals surface area contributed by atoms with Crippen LogP contribution in [0, 0.1) is 11.2 Å². The molecule has 0 aliphatic rings. The number of fused-ring (bicyclic) bond motifs is 1. The standard InChI is InChI=1S/C18H19Cl2FN4/c1-10(18(2,3)4)23-17-15(12-6-5-11(21)9-13(12)19)16(20)24-14-7-8-22-25(14)17/h5-10,23H,1-4H3. The largest absolute Gasteiger partial charge is 0.366 e. The highest BCUT2D eigenvalue weighted by Gasteiger charge is 2.25. The Morgan fingerprint density at radius 2 is 1.92 bits per heavy atom. The van der Waals surface area contributed by atoms with Gasteiger partial charge in [0.1, 0.15) is 16.8 Å². The minimum Gasteiger partial charge on any atom is -0.366 e. The second-order valence-electron chi connectivity index (χ2n) is 7.08.